The molecule has 0 aliphatic heterocycles. The fraction of sp³-hybridized carbons (Fsp3) is 0.500. The molecule has 0 bridgehead atoms. The van der Waals surface area contributed by atoms with Gasteiger partial charge in [0, 0.05) is 29.1 Å². The van der Waals surface area contributed by atoms with Crippen molar-refractivity contribution in [2.24, 2.45) is 5.73 Å². The predicted octanol–water partition coefficient (Wildman–Crippen LogP) is 2.63. The monoisotopic (exact) mass is 258 g/mol. The van der Waals surface area contributed by atoms with Gasteiger partial charge in [-0.25, -0.2) is 0 Å². The third kappa shape index (κ3) is 4.74. The Labute approximate surface area is 107 Å². The summed E-state index contributed by atoms with van der Waals surface area (Å²) in [6, 6.07) is 7.96. The van der Waals surface area contributed by atoms with Gasteiger partial charge in [0.2, 0.25) is 0 Å². The van der Waals surface area contributed by atoms with E-state index in [1.54, 1.807) is 0 Å². The normalized spacial score (nSPS) is 13.1. The molecule has 90 valence electrons. The zero-order valence-electron chi connectivity index (χ0n) is 9.82. The van der Waals surface area contributed by atoms with Gasteiger partial charge in [-0.05, 0) is 31.8 Å². The number of hydrogen-bond donors (Lipinski definition) is 1. The summed E-state index contributed by atoms with van der Waals surface area (Å²) >= 11 is 7.86. The minimum absolute atomic E-state index is 0.346. The molecule has 0 radical (unpaired) electrons. The van der Waals surface area contributed by atoms with Crippen LogP contribution in [0.2, 0.25) is 5.02 Å². The van der Waals surface area contributed by atoms with Crippen LogP contribution >= 0.6 is 23.4 Å². The molecular weight excluding hydrogens is 240 g/mol. The Kier molecular flexibility index (Phi) is 6.21. The van der Waals surface area contributed by atoms with Crippen molar-refractivity contribution in [1.82, 2.24) is 4.90 Å². The summed E-state index contributed by atoms with van der Waals surface area (Å²) in [5.74, 6) is 1.08. The van der Waals surface area contributed by atoms with E-state index in [2.05, 4.69) is 25.1 Å². The predicted molar refractivity (Wildman–Crippen MR) is 74.3 cm³/mol. The van der Waals surface area contributed by atoms with Crippen LogP contribution in [0.5, 0.6) is 0 Å². The number of nitrogens with zero attached hydrogens (tertiary/aromatic N) is 1. The van der Waals surface area contributed by atoms with Crippen molar-refractivity contribution in [2.45, 2.75) is 5.25 Å². The van der Waals surface area contributed by atoms with Crippen molar-refractivity contribution >= 4 is 23.4 Å². The number of benzene rings is 1. The Hall–Kier alpha value is -0.220. The van der Waals surface area contributed by atoms with E-state index < -0.39 is 0 Å². The Morgan fingerprint density at radius 1 is 1.44 bits per heavy atom. The Bertz CT molecular complexity index is 318. The fourth-order valence-electron chi connectivity index (χ4n) is 1.38. The Morgan fingerprint density at radius 3 is 2.75 bits per heavy atom. The Morgan fingerprint density at radius 2 is 2.19 bits per heavy atom. The average Bonchev–Trinajstić information content (AvgIpc) is 2.24. The summed E-state index contributed by atoms with van der Waals surface area (Å²) in [7, 11) is 4.16. The van der Waals surface area contributed by atoms with E-state index in [4.69, 9.17) is 17.3 Å². The minimum atomic E-state index is 0.346. The Balaban J connectivity index is 2.53. The summed E-state index contributed by atoms with van der Waals surface area (Å²) in [6.07, 6.45) is 0. The molecule has 0 spiro atoms. The molecule has 1 aromatic carbocycles. The van der Waals surface area contributed by atoms with Crippen LogP contribution in [0.25, 0.3) is 0 Å². The highest BCUT2D eigenvalue weighted by molar-refractivity contribution is 7.99. The van der Waals surface area contributed by atoms with Crippen LogP contribution in [-0.2, 0) is 0 Å². The molecule has 0 fully saturated rings. The highest BCUT2D eigenvalue weighted by Crippen LogP contribution is 2.29. The number of hydrogen-bond acceptors (Lipinski definition) is 3. The van der Waals surface area contributed by atoms with Crippen LogP contribution in [0, 0.1) is 0 Å². The maximum Gasteiger partial charge on any atom is 0.0420 e. The van der Waals surface area contributed by atoms with E-state index in [1.807, 2.05) is 30.0 Å². The van der Waals surface area contributed by atoms with Crippen LogP contribution in [0.3, 0.4) is 0 Å². The van der Waals surface area contributed by atoms with Crippen LogP contribution < -0.4 is 5.73 Å². The summed E-state index contributed by atoms with van der Waals surface area (Å²) in [5.41, 5.74) is 7.02. The molecule has 0 saturated carbocycles. The second-order valence-corrected chi connectivity index (χ2v) is 5.70. The van der Waals surface area contributed by atoms with Crippen molar-refractivity contribution in [3.05, 3.63) is 34.9 Å². The molecule has 1 rings (SSSR count). The molecule has 1 unspecified atom stereocenters. The van der Waals surface area contributed by atoms with Gasteiger partial charge in [-0.1, -0.05) is 23.7 Å². The molecule has 1 atom stereocenters. The zero-order chi connectivity index (χ0) is 12.0. The van der Waals surface area contributed by atoms with Crippen LogP contribution in [-0.4, -0.2) is 37.8 Å². The first-order valence-corrected chi connectivity index (χ1v) is 6.78. The van der Waals surface area contributed by atoms with Crippen molar-refractivity contribution < 1.29 is 0 Å². The van der Waals surface area contributed by atoms with Gasteiger partial charge in [0.25, 0.3) is 0 Å². The number of halogens is 1. The van der Waals surface area contributed by atoms with Gasteiger partial charge >= 0.3 is 0 Å². The first kappa shape index (κ1) is 13.8. The lowest BCUT2D eigenvalue weighted by Gasteiger charge is -2.16. The topological polar surface area (TPSA) is 29.3 Å². The van der Waals surface area contributed by atoms with Gasteiger partial charge in [-0.15, -0.1) is 0 Å². The van der Waals surface area contributed by atoms with Crippen LogP contribution in [0.4, 0.5) is 0 Å². The molecule has 0 aliphatic rings. The van der Waals surface area contributed by atoms with Gasteiger partial charge < -0.3 is 10.6 Å². The molecule has 2 nitrogen and oxygen atoms in total. The first-order chi connectivity index (χ1) is 7.63. The SMILES string of the molecule is CN(C)CCSC(CN)c1cccc(Cl)c1. The largest absolute Gasteiger partial charge is 0.329 e. The molecule has 1 aromatic rings. The van der Waals surface area contributed by atoms with E-state index in [0.29, 0.717) is 11.8 Å². The molecule has 4 heteroatoms. The lowest BCUT2D eigenvalue weighted by molar-refractivity contribution is 0.437. The van der Waals surface area contributed by atoms with E-state index in [-0.39, 0.29) is 0 Å². The molecular formula is C12H19ClN2S. The average molecular weight is 259 g/mol. The summed E-state index contributed by atoms with van der Waals surface area (Å²) < 4.78 is 0. The standard InChI is InChI=1S/C12H19ClN2S/c1-15(2)6-7-16-12(9-14)10-4-3-5-11(13)8-10/h3-5,8,12H,6-7,9,14H2,1-2H3. The molecule has 0 saturated heterocycles. The van der Waals surface area contributed by atoms with Crippen molar-refractivity contribution in [3.8, 4) is 0 Å². The summed E-state index contributed by atoms with van der Waals surface area (Å²) in [4.78, 5) is 2.18. The highest BCUT2D eigenvalue weighted by Gasteiger charge is 2.10. The van der Waals surface area contributed by atoms with Crippen molar-refractivity contribution in [3.63, 3.8) is 0 Å². The van der Waals surface area contributed by atoms with Crippen molar-refractivity contribution in [2.75, 3.05) is 32.9 Å². The fourth-order valence-corrected chi connectivity index (χ4v) is 2.81. The van der Waals surface area contributed by atoms with Crippen LogP contribution in [0.1, 0.15) is 10.8 Å². The number of rotatable bonds is 6. The molecule has 2 N–H and O–H groups in total. The van der Waals surface area contributed by atoms with Gasteiger partial charge in [0.05, 0.1) is 0 Å². The van der Waals surface area contributed by atoms with E-state index in [9.17, 15) is 0 Å². The zero-order valence-corrected chi connectivity index (χ0v) is 11.4. The quantitative estimate of drug-likeness (QED) is 0.851. The van der Waals surface area contributed by atoms with Gasteiger partial charge in [0.1, 0.15) is 0 Å². The van der Waals surface area contributed by atoms with Crippen molar-refractivity contribution in [1.29, 1.82) is 0 Å². The minimum Gasteiger partial charge on any atom is -0.329 e. The molecule has 0 aliphatic carbocycles. The second kappa shape index (κ2) is 7.17. The maximum atomic E-state index is 5.97. The van der Waals surface area contributed by atoms with Gasteiger partial charge in [-0.3, -0.25) is 0 Å². The third-order valence-electron chi connectivity index (χ3n) is 2.29. The summed E-state index contributed by atoms with van der Waals surface area (Å²) in [5, 5.41) is 1.13. The smallest absolute Gasteiger partial charge is 0.0420 e. The maximum absolute atomic E-state index is 5.97. The molecule has 16 heavy (non-hydrogen) atoms. The van der Waals surface area contributed by atoms with E-state index in [0.717, 1.165) is 17.3 Å². The highest BCUT2D eigenvalue weighted by atomic mass is 35.5. The van der Waals surface area contributed by atoms with Gasteiger partial charge in [-0.2, -0.15) is 11.8 Å². The molecule has 0 aromatic heterocycles. The van der Waals surface area contributed by atoms with E-state index >= 15 is 0 Å². The number of nitrogens with two attached hydrogens (primary N) is 1. The van der Waals surface area contributed by atoms with E-state index in [1.165, 1.54) is 5.56 Å². The first-order valence-electron chi connectivity index (χ1n) is 5.35. The molecule has 0 amide bonds. The van der Waals surface area contributed by atoms with Gasteiger partial charge in [0.15, 0.2) is 0 Å². The van der Waals surface area contributed by atoms with Crippen LogP contribution in [0.15, 0.2) is 24.3 Å². The number of thioether (sulfide) groups is 1. The second-order valence-electron chi connectivity index (χ2n) is 3.95. The third-order valence-corrected chi connectivity index (χ3v) is 3.81. The molecule has 0 heterocycles. The lowest BCUT2D eigenvalue weighted by Crippen LogP contribution is -2.17. The summed E-state index contributed by atoms with van der Waals surface area (Å²) in [6.45, 7) is 1.72. The lowest BCUT2D eigenvalue weighted by atomic mass is 10.1.